The third-order valence-corrected chi connectivity index (χ3v) is 20.0. The third-order valence-electron chi connectivity index (χ3n) is 17.9. The number of likely N-dealkylation sites (N-methyl/N-ethyl adjacent to an activating group) is 1. The molecule has 86 heavy (non-hydrogen) atoms. The smallest absolute Gasteiger partial charge is 0.384 e. The number of carbonyl (C=O) groups is 9. The highest BCUT2D eigenvalue weighted by atomic mass is 32.1. The first kappa shape index (κ1) is 61.9. The maximum atomic E-state index is 14.8. The van der Waals surface area contributed by atoms with Gasteiger partial charge in [-0.25, -0.2) is 0 Å². The average Bonchev–Trinajstić information content (AvgIpc) is 1.13. The number of carbonyl (C=O) groups excluding carboxylic acids is 9. The Labute approximate surface area is 499 Å². The number of benzene rings is 3. The molecule has 1 aromatic heterocycles. The summed E-state index contributed by atoms with van der Waals surface area (Å²) in [5.74, 6) is -4.59. The number of nitrogens with zero attached hydrogens (tertiary/aromatic N) is 4. The van der Waals surface area contributed by atoms with Crippen molar-refractivity contribution in [3.8, 4) is 0 Å². The first-order chi connectivity index (χ1) is 40.6. The lowest BCUT2D eigenvalue weighted by molar-refractivity contribution is -0.157. The summed E-state index contributed by atoms with van der Waals surface area (Å²) in [5.41, 5.74) is 3.85. The number of rotatable bonds is 19. The molecule has 1 saturated carbocycles. The molecule has 26 heteroatoms. The van der Waals surface area contributed by atoms with Gasteiger partial charge < -0.3 is 56.4 Å². The number of amides is 9. The van der Waals surface area contributed by atoms with E-state index in [1.165, 1.54) is 21.9 Å². The fourth-order valence-corrected chi connectivity index (χ4v) is 14.6. The molecule has 6 atom stereocenters. The van der Waals surface area contributed by atoms with Crippen molar-refractivity contribution in [3.05, 3.63) is 99.4 Å². The summed E-state index contributed by atoms with van der Waals surface area (Å²) < 4.78 is 41.3. The van der Waals surface area contributed by atoms with E-state index in [1.54, 1.807) is 17.0 Å². The topological polar surface area (TPSA) is 310 Å². The zero-order valence-corrected chi connectivity index (χ0v) is 50.1. The molecule has 5 aliphatic heterocycles. The molecule has 460 valence electrons. The van der Waals surface area contributed by atoms with Crippen LogP contribution in [0.25, 0.3) is 10.1 Å². The van der Waals surface area contributed by atoms with Gasteiger partial charge in [-0.2, -0.15) is 8.78 Å². The molecule has 9 amide bonds. The van der Waals surface area contributed by atoms with Gasteiger partial charge in [0, 0.05) is 97.1 Å². The number of imide groups is 1. The second kappa shape index (κ2) is 24.2. The molecule has 9 N–H and O–H groups in total. The molecule has 0 bridgehead atoms. The van der Waals surface area contributed by atoms with Crippen LogP contribution in [0.5, 0.6) is 0 Å². The molecule has 6 heterocycles. The molecule has 5 fully saturated rings. The molecular formula is C60H73F2N10O12PS. The molecule has 10 rings (SSSR count). The van der Waals surface area contributed by atoms with Gasteiger partial charge in [0.15, 0.2) is 0 Å². The van der Waals surface area contributed by atoms with E-state index in [-0.39, 0.29) is 96.3 Å². The number of hydrogen-bond donors (Lipinski definition) is 8. The maximum absolute atomic E-state index is 14.8. The highest BCUT2D eigenvalue weighted by Crippen LogP contribution is 2.59. The molecule has 1 aliphatic carbocycles. The number of likely N-dealkylation sites (tertiary alicyclic amines) is 1. The second-order valence-corrected chi connectivity index (χ2v) is 27.7. The Kier molecular flexibility index (Phi) is 17.4. The SMILES string of the molecule is CCN1CC[C@H]2CC[C@@H](C(=O)N[C@@H](CCC(N)=O)C(=O)N[C@@H](Cc3ccc(C(C)(C)C)cc3)C(=O)N3CC4(CC(CNc5cccc6c5CN(C5CCC(=O)NC5=O)C6=O)C4)C3)N2C(=O)[C@@H](NC(=O)c2cc3cc(C(F)(F)P(=O)(O)O)ccc3s2)C1. The van der Waals surface area contributed by atoms with Crippen LogP contribution in [0.1, 0.15) is 128 Å². The fraction of sp³-hybridized carbons (Fsp3) is 0.517. The number of alkyl halides is 2. The Morgan fingerprint density at radius 1 is 0.907 bits per heavy atom. The Morgan fingerprint density at radius 2 is 1.63 bits per heavy atom. The van der Waals surface area contributed by atoms with Crippen molar-refractivity contribution in [2.75, 3.05) is 44.6 Å². The van der Waals surface area contributed by atoms with Gasteiger partial charge >= 0.3 is 13.3 Å². The monoisotopic (exact) mass is 1230 g/mol. The summed E-state index contributed by atoms with van der Waals surface area (Å²) in [6.07, 6.45) is 2.76. The molecule has 4 aromatic rings. The molecular weight excluding hydrogens is 1150 g/mol. The van der Waals surface area contributed by atoms with E-state index in [4.69, 9.17) is 5.73 Å². The van der Waals surface area contributed by atoms with Crippen molar-refractivity contribution in [2.45, 2.75) is 146 Å². The van der Waals surface area contributed by atoms with Gasteiger partial charge in [-0.1, -0.05) is 64.1 Å². The van der Waals surface area contributed by atoms with Crippen LogP contribution in [0.4, 0.5) is 14.5 Å². The van der Waals surface area contributed by atoms with Gasteiger partial charge in [0.05, 0.1) is 4.88 Å². The minimum atomic E-state index is -5.87. The van der Waals surface area contributed by atoms with Gasteiger partial charge in [-0.05, 0) is 110 Å². The molecule has 4 saturated heterocycles. The number of primary amides is 1. The number of piperidine rings is 1. The predicted octanol–water partition coefficient (Wildman–Crippen LogP) is 4.20. The third kappa shape index (κ3) is 12.8. The largest absolute Gasteiger partial charge is 0.399 e. The van der Waals surface area contributed by atoms with Crippen LogP contribution in [0.3, 0.4) is 0 Å². The Bertz CT molecular complexity index is 3430. The number of halogens is 2. The molecule has 0 radical (unpaired) electrons. The standard InChI is InChI=1S/C60H73F2N10O12PS/c1-5-69-22-21-38-14-16-46(72(38)57(81)44(30-69)67-54(78)48-25-35-24-37(13-18-47(35)86-48)60(61,62)85(82,83)84)53(77)65-42(15-19-49(63)73)51(75)66-43(23-33-9-11-36(12-10-33)58(2,3)4)56(80)70-31-59(32-70)26-34(27-59)28-64-41-8-6-7-39-40(41)29-71(55(39)79)45-17-20-50(74)68-52(45)76/h6-13,18,24-25,34,38,42-46,64H,5,14-17,19-23,26-32H2,1-4H3,(H2,63,73)(H,65,77)(H,66,75)(H,67,78)(H,68,74,76)(H2,82,83,84)/t38-,42+,43+,44+,45?,46+/m1/s1. The van der Waals surface area contributed by atoms with E-state index >= 15 is 0 Å². The minimum absolute atomic E-state index is 0.0369. The van der Waals surface area contributed by atoms with Crippen molar-refractivity contribution in [1.29, 1.82) is 0 Å². The van der Waals surface area contributed by atoms with Crippen LogP contribution in [0, 0.1) is 11.3 Å². The van der Waals surface area contributed by atoms with Crippen molar-refractivity contribution in [3.63, 3.8) is 0 Å². The maximum Gasteiger partial charge on any atom is 0.399 e. The number of nitrogens with one attached hydrogen (secondary N) is 5. The second-order valence-electron chi connectivity index (χ2n) is 25.0. The summed E-state index contributed by atoms with van der Waals surface area (Å²) >= 11 is 0.930. The van der Waals surface area contributed by atoms with Crippen molar-refractivity contribution < 1.29 is 66.3 Å². The quantitative estimate of drug-likeness (QED) is 0.0482. The summed E-state index contributed by atoms with van der Waals surface area (Å²) in [4.78, 5) is 148. The van der Waals surface area contributed by atoms with Crippen LogP contribution in [0.15, 0.2) is 66.7 Å². The van der Waals surface area contributed by atoms with E-state index in [1.807, 2.05) is 42.2 Å². The number of thiophene rings is 1. The first-order valence-corrected chi connectivity index (χ1v) is 31.7. The lowest BCUT2D eigenvalue weighted by atomic mass is 9.57. The van der Waals surface area contributed by atoms with Crippen molar-refractivity contribution >= 4 is 87.9 Å². The Morgan fingerprint density at radius 3 is 2.30 bits per heavy atom. The van der Waals surface area contributed by atoms with Crippen LogP contribution in [0.2, 0.25) is 0 Å². The van der Waals surface area contributed by atoms with Crippen molar-refractivity contribution in [2.24, 2.45) is 17.1 Å². The van der Waals surface area contributed by atoms with E-state index in [0.29, 0.717) is 55.8 Å². The summed E-state index contributed by atoms with van der Waals surface area (Å²) in [6.45, 7) is 11.0. The lowest BCUT2D eigenvalue weighted by Crippen LogP contribution is -2.67. The Hall–Kier alpha value is -7.18. The molecule has 1 spiro atoms. The first-order valence-electron chi connectivity index (χ1n) is 29.2. The van der Waals surface area contributed by atoms with Crippen LogP contribution >= 0.6 is 18.9 Å². The summed E-state index contributed by atoms with van der Waals surface area (Å²) in [7, 11) is -5.87. The number of nitrogens with two attached hydrogens (primary N) is 1. The van der Waals surface area contributed by atoms with E-state index in [2.05, 4.69) is 47.4 Å². The predicted molar refractivity (Wildman–Crippen MR) is 313 cm³/mol. The lowest BCUT2D eigenvalue weighted by Gasteiger charge is -2.59. The average molecular weight is 1230 g/mol. The molecule has 1 unspecified atom stereocenters. The fourth-order valence-electron chi connectivity index (χ4n) is 13.2. The Balaban J connectivity index is 0.804. The van der Waals surface area contributed by atoms with Crippen LogP contribution in [-0.4, -0.2) is 158 Å². The van der Waals surface area contributed by atoms with Gasteiger partial charge in [-0.15, -0.1) is 11.3 Å². The van der Waals surface area contributed by atoms with Crippen molar-refractivity contribution in [1.82, 2.24) is 40.9 Å². The zero-order valence-electron chi connectivity index (χ0n) is 48.4. The molecule has 6 aliphatic rings. The highest BCUT2D eigenvalue weighted by Gasteiger charge is 2.55. The van der Waals surface area contributed by atoms with Gasteiger partial charge in [0.2, 0.25) is 41.4 Å². The number of anilines is 1. The van der Waals surface area contributed by atoms with E-state index in [0.717, 1.165) is 58.7 Å². The van der Waals surface area contributed by atoms with Gasteiger partial charge in [0.25, 0.3) is 11.8 Å². The number of fused-ring (bicyclic) bond motifs is 3. The minimum Gasteiger partial charge on any atom is -0.384 e. The number of hydrogen-bond acceptors (Lipinski definition) is 13. The highest BCUT2D eigenvalue weighted by molar-refractivity contribution is 7.52. The molecule has 22 nitrogen and oxygen atoms in total. The van der Waals surface area contributed by atoms with Gasteiger partial charge in [0.1, 0.15) is 30.2 Å². The zero-order chi connectivity index (χ0) is 61.8. The van der Waals surface area contributed by atoms with Crippen LogP contribution < -0.4 is 32.3 Å². The summed E-state index contributed by atoms with van der Waals surface area (Å²) in [5, 5.41) is 14.5. The van der Waals surface area contributed by atoms with Gasteiger partial charge in [-0.3, -0.25) is 53.0 Å². The van der Waals surface area contributed by atoms with Crippen LogP contribution in [-0.2, 0) is 62.2 Å². The normalized spacial score (nSPS) is 22.4. The molecule has 3 aromatic carbocycles. The van der Waals surface area contributed by atoms with E-state index < -0.39 is 90.5 Å². The summed E-state index contributed by atoms with van der Waals surface area (Å²) in [6, 6.07) is 11.6. The van der Waals surface area contributed by atoms with E-state index in [9.17, 15) is 66.3 Å².